The SMILES string of the molecule is N#Cc1cccc(C(=O)N2CCN(c3ccc([N+](=O)[O-])cc3)CC2)c1. The average Bonchev–Trinajstić information content (AvgIpc) is 2.67. The molecule has 0 aliphatic carbocycles. The number of nitro benzene ring substituents is 1. The highest BCUT2D eigenvalue weighted by atomic mass is 16.6. The molecular formula is C18H16N4O3. The number of nitro groups is 1. The predicted octanol–water partition coefficient (Wildman–Crippen LogP) is 2.43. The summed E-state index contributed by atoms with van der Waals surface area (Å²) in [6.45, 7) is 2.43. The summed E-state index contributed by atoms with van der Waals surface area (Å²) >= 11 is 0. The van der Waals surface area contributed by atoms with Crippen LogP contribution in [0.25, 0.3) is 0 Å². The maximum atomic E-state index is 12.6. The van der Waals surface area contributed by atoms with E-state index in [1.165, 1.54) is 12.1 Å². The molecular weight excluding hydrogens is 320 g/mol. The van der Waals surface area contributed by atoms with E-state index < -0.39 is 4.92 Å². The van der Waals surface area contributed by atoms with Crippen LogP contribution >= 0.6 is 0 Å². The van der Waals surface area contributed by atoms with Crippen molar-refractivity contribution >= 4 is 17.3 Å². The largest absolute Gasteiger partial charge is 0.368 e. The summed E-state index contributed by atoms with van der Waals surface area (Å²) in [5.74, 6) is -0.0829. The van der Waals surface area contributed by atoms with Crippen molar-refractivity contribution < 1.29 is 9.72 Å². The molecule has 1 amide bonds. The fraction of sp³-hybridized carbons (Fsp3) is 0.222. The molecule has 1 saturated heterocycles. The van der Waals surface area contributed by atoms with Gasteiger partial charge < -0.3 is 9.80 Å². The lowest BCUT2D eigenvalue weighted by atomic mass is 10.1. The minimum absolute atomic E-state index is 0.0648. The monoisotopic (exact) mass is 336 g/mol. The highest BCUT2D eigenvalue weighted by Gasteiger charge is 2.22. The molecule has 7 nitrogen and oxygen atoms in total. The third kappa shape index (κ3) is 3.58. The fourth-order valence-electron chi connectivity index (χ4n) is 2.86. The molecule has 0 aromatic heterocycles. The minimum atomic E-state index is -0.421. The number of carbonyl (C=O) groups excluding carboxylic acids is 1. The number of hydrogen-bond donors (Lipinski definition) is 0. The Morgan fingerprint density at radius 3 is 2.36 bits per heavy atom. The molecule has 0 spiro atoms. The zero-order valence-electron chi connectivity index (χ0n) is 13.5. The van der Waals surface area contributed by atoms with E-state index in [1.54, 1.807) is 41.3 Å². The van der Waals surface area contributed by atoms with Gasteiger partial charge in [-0.25, -0.2) is 0 Å². The molecule has 7 heteroatoms. The molecule has 0 saturated carbocycles. The van der Waals surface area contributed by atoms with Crippen molar-refractivity contribution in [1.82, 2.24) is 4.90 Å². The Morgan fingerprint density at radius 2 is 1.76 bits per heavy atom. The van der Waals surface area contributed by atoms with Gasteiger partial charge in [0, 0.05) is 49.6 Å². The normalized spacial score (nSPS) is 14.0. The van der Waals surface area contributed by atoms with Gasteiger partial charge in [0.15, 0.2) is 0 Å². The molecule has 1 aliphatic rings. The molecule has 0 unspecified atom stereocenters. The van der Waals surface area contributed by atoms with Crippen LogP contribution in [0, 0.1) is 21.4 Å². The number of amides is 1. The van der Waals surface area contributed by atoms with E-state index in [-0.39, 0.29) is 11.6 Å². The van der Waals surface area contributed by atoms with E-state index in [9.17, 15) is 14.9 Å². The molecule has 1 heterocycles. The molecule has 0 N–H and O–H groups in total. The maximum absolute atomic E-state index is 12.6. The van der Waals surface area contributed by atoms with Crippen LogP contribution in [0.5, 0.6) is 0 Å². The van der Waals surface area contributed by atoms with Crippen LogP contribution < -0.4 is 4.90 Å². The van der Waals surface area contributed by atoms with E-state index in [2.05, 4.69) is 4.90 Å². The average molecular weight is 336 g/mol. The number of nitrogens with zero attached hydrogens (tertiary/aromatic N) is 4. The van der Waals surface area contributed by atoms with Crippen molar-refractivity contribution in [2.45, 2.75) is 0 Å². The zero-order chi connectivity index (χ0) is 17.8. The smallest absolute Gasteiger partial charge is 0.269 e. The van der Waals surface area contributed by atoms with E-state index >= 15 is 0 Å². The van der Waals surface area contributed by atoms with Gasteiger partial charge in [0.05, 0.1) is 16.6 Å². The number of piperazine rings is 1. The summed E-state index contributed by atoms with van der Waals surface area (Å²) in [6.07, 6.45) is 0. The van der Waals surface area contributed by atoms with E-state index in [4.69, 9.17) is 5.26 Å². The molecule has 0 radical (unpaired) electrons. The van der Waals surface area contributed by atoms with Gasteiger partial charge in [-0.2, -0.15) is 5.26 Å². The Morgan fingerprint density at radius 1 is 1.08 bits per heavy atom. The quantitative estimate of drug-likeness (QED) is 0.634. The van der Waals surface area contributed by atoms with Crippen molar-refractivity contribution in [3.63, 3.8) is 0 Å². The molecule has 2 aromatic carbocycles. The number of benzene rings is 2. The van der Waals surface area contributed by atoms with Crippen LogP contribution in [-0.2, 0) is 0 Å². The molecule has 2 aromatic rings. The Labute approximate surface area is 144 Å². The third-order valence-electron chi connectivity index (χ3n) is 4.23. The van der Waals surface area contributed by atoms with Crippen molar-refractivity contribution in [3.05, 3.63) is 69.8 Å². The van der Waals surface area contributed by atoms with Gasteiger partial charge in [-0.1, -0.05) is 6.07 Å². The Hall–Kier alpha value is -3.40. The van der Waals surface area contributed by atoms with Gasteiger partial charge in [-0.15, -0.1) is 0 Å². The molecule has 0 bridgehead atoms. The van der Waals surface area contributed by atoms with Crippen LogP contribution in [-0.4, -0.2) is 41.9 Å². The summed E-state index contributed by atoms with van der Waals surface area (Å²) in [5, 5.41) is 19.7. The lowest BCUT2D eigenvalue weighted by Crippen LogP contribution is -2.48. The number of rotatable bonds is 3. The number of hydrogen-bond acceptors (Lipinski definition) is 5. The number of carbonyl (C=O) groups is 1. The van der Waals surface area contributed by atoms with Crippen molar-refractivity contribution in [1.29, 1.82) is 5.26 Å². The van der Waals surface area contributed by atoms with Crippen LogP contribution in [0.15, 0.2) is 48.5 Å². The van der Waals surface area contributed by atoms with E-state index in [0.717, 1.165) is 5.69 Å². The van der Waals surface area contributed by atoms with Gasteiger partial charge in [0.2, 0.25) is 0 Å². The maximum Gasteiger partial charge on any atom is 0.269 e. The first-order chi connectivity index (χ1) is 12.1. The van der Waals surface area contributed by atoms with Crippen LogP contribution in [0.3, 0.4) is 0 Å². The van der Waals surface area contributed by atoms with Gasteiger partial charge in [0.25, 0.3) is 11.6 Å². The lowest BCUT2D eigenvalue weighted by Gasteiger charge is -2.36. The third-order valence-corrected chi connectivity index (χ3v) is 4.23. The lowest BCUT2D eigenvalue weighted by molar-refractivity contribution is -0.384. The van der Waals surface area contributed by atoms with Crippen LogP contribution in [0.4, 0.5) is 11.4 Å². The molecule has 126 valence electrons. The highest BCUT2D eigenvalue weighted by Crippen LogP contribution is 2.21. The summed E-state index contributed by atoms with van der Waals surface area (Å²) < 4.78 is 0. The Balaban J connectivity index is 1.64. The molecule has 25 heavy (non-hydrogen) atoms. The highest BCUT2D eigenvalue weighted by molar-refractivity contribution is 5.94. The van der Waals surface area contributed by atoms with Gasteiger partial charge in [0.1, 0.15) is 0 Å². The van der Waals surface area contributed by atoms with Gasteiger partial charge in [-0.05, 0) is 30.3 Å². The second kappa shape index (κ2) is 7.01. The van der Waals surface area contributed by atoms with Gasteiger partial charge >= 0.3 is 0 Å². The van der Waals surface area contributed by atoms with Gasteiger partial charge in [-0.3, -0.25) is 14.9 Å². The van der Waals surface area contributed by atoms with Crippen molar-refractivity contribution in [2.75, 3.05) is 31.1 Å². The van der Waals surface area contributed by atoms with Crippen LogP contribution in [0.1, 0.15) is 15.9 Å². The number of nitriles is 1. The molecule has 3 rings (SSSR count). The molecule has 0 atom stereocenters. The first-order valence-electron chi connectivity index (χ1n) is 7.87. The summed E-state index contributed by atoms with van der Waals surface area (Å²) in [4.78, 5) is 26.7. The topological polar surface area (TPSA) is 90.5 Å². The fourth-order valence-corrected chi connectivity index (χ4v) is 2.86. The molecule has 1 aliphatic heterocycles. The van der Waals surface area contributed by atoms with Crippen molar-refractivity contribution in [3.8, 4) is 6.07 Å². The summed E-state index contributed by atoms with van der Waals surface area (Å²) in [5.41, 5.74) is 1.96. The zero-order valence-corrected chi connectivity index (χ0v) is 13.5. The van der Waals surface area contributed by atoms with Crippen LogP contribution in [0.2, 0.25) is 0 Å². The minimum Gasteiger partial charge on any atom is -0.368 e. The van der Waals surface area contributed by atoms with E-state index in [1.807, 2.05) is 6.07 Å². The second-order valence-corrected chi connectivity index (χ2v) is 5.75. The first-order valence-corrected chi connectivity index (χ1v) is 7.87. The number of anilines is 1. The number of non-ortho nitro benzene ring substituents is 1. The predicted molar refractivity (Wildman–Crippen MR) is 92.4 cm³/mol. The second-order valence-electron chi connectivity index (χ2n) is 5.75. The summed E-state index contributed by atoms with van der Waals surface area (Å²) in [7, 11) is 0. The molecule has 1 fully saturated rings. The van der Waals surface area contributed by atoms with E-state index in [0.29, 0.717) is 37.3 Å². The Bertz CT molecular complexity index is 834. The summed E-state index contributed by atoms with van der Waals surface area (Å²) in [6, 6.07) is 15.2. The Kier molecular flexibility index (Phi) is 4.61. The first kappa shape index (κ1) is 16.5. The standard InChI is InChI=1S/C18H16N4O3/c19-13-14-2-1-3-15(12-14)18(23)21-10-8-20(9-11-21)16-4-6-17(7-5-16)22(24)25/h1-7,12H,8-11H2. The van der Waals surface area contributed by atoms with Crippen molar-refractivity contribution in [2.24, 2.45) is 0 Å².